The molecule has 4 nitrogen and oxygen atoms in total. The van der Waals surface area contributed by atoms with Crippen LogP contribution in [0.2, 0.25) is 0 Å². The summed E-state index contributed by atoms with van der Waals surface area (Å²) in [5, 5.41) is 18.0. The van der Waals surface area contributed by atoms with Gasteiger partial charge in [0.25, 0.3) is 6.71 Å². The average molecular weight is 911 g/mol. The lowest BCUT2D eigenvalue weighted by Crippen LogP contribution is -2.61. The predicted octanol–water partition coefficient (Wildman–Crippen LogP) is 15.9. The lowest BCUT2D eigenvalue weighted by Gasteiger charge is -2.43. The van der Waals surface area contributed by atoms with Crippen LogP contribution in [0, 0.1) is 0 Å². The van der Waals surface area contributed by atoms with E-state index in [2.05, 4.69) is 249 Å². The smallest absolute Gasteiger partial charge is 0.257 e. The van der Waals surface area contributed by atoms with E-state index in [-0.39, 0.29) is 6.71 Å². The van der Waals surface area contributed by atoms with E-state index < -0.39 is 0 Å². The van der Waals surface area contributed by atoms with Crippen LogP contribution in [-0.4, -0.2) is 15.8 Å². The lowest BCUT2D eigenvalue weighted by molar-refractivity contribution is 0.868. The highest BCUT2D eigenvalue weighted by Crippen LogP contribution is 2.49. The minimum Gasteiger partial charge on any atom is -0.330 e. The summed E-state index contributed by atoms with van der Waals surface area (Å²) < 4.78 is 4.98. The van der Waals surface area contributed by atoms with Gasteiger partial charge in [0.15, 0.2) is 0 Å². The zero-order chi connectivity index (χ0) is 47.6. The molecule has 71 heavy (non-hydrogen) atoms. The van der Waals surface area contributed by atoms with Gasteiger partial charge in [-0.15, -0.1) is 0 Å². The van der Waals surface area contributed by atoms with Gasteiger partial charge in [0, 0.05) is 47.9 Å². The number of nitrogens with zero attached hydrogens (tertiary/aromatic N) is 4. The van der Waals surface area contributed by atoms with Crippen LogP contribution in [0.15, 0.2) is 188 Å². The Hall–Kier alpha value is -8.28. The number of benzene rings is 11. The molecule has 0 bridgehead atoms. The molecule has 11 aromatic carbocycles. The number of anilines is 6. The molecule has 0 atom stereocenters. The topological polar surface area (TPSA) is 16.3 Å². The Balaban J connectivity index is 1.08. The number of hydrogen-bond acceptors (Lipinski definition) is 2. The fourth-order valence-corrected chi connectivity index (χ4v) is 13.3. The van der Waals surface area contributed by atoms with E-state index >= 15 is 0 Å². The summed E-state index contributed by atoms with van der Waals surface area (Å²) in [6.07, 6.45) is 0. The number of aryl methyl sites for hydroxylation is 2. The number of hydrogen-bond donors (Lipinski definition) is 0. The van der Waals surface area contributed by atoms with E-state index in [1.807, 2.05) is 0 Å². The Morgan fingerprint density at radius 3 is 1.00 bits per heavy atom. The first-order valence-electron chi connectivity index (χ1n) is 25.4. The fourth-order valence-electron chi connectivity index (χ4n) is 13.3. The molecule has 2 aromatic heterocycles. The molecule has 0 N–H and O–H groups in total. The van der Waals surface area contributed by atoms with E-state index in [4.69, 9.17) is 0 Å². The molecule has 0 unspecified atom stereocenters. The maximum Gasteiger partial charge on any atom is 0.257 e. The van der Waals surface area contributed by atoms with E-state index in [0.29, 0.717) is 11.8 Å². The van der Waals surface area contributed by atoms with Gasteiger partial charge in [-0.05, 0) is 175 Å². The van der Waals surface area contributed by atoms with Crippen LogP contribution in [0.4, 0.5) is 34.4 Å². The minimum absolute atomic E-state index is 0.0496. The summed E-state index contributed by atoms with van der Waals surface area (Å²) in [4.78, 5) is 5.22. The summed E-state index contributed by atoms with van der Waals surface area (Å²) in [6, 6.07) is 71.8. The summed E-state index contributed by atoms with van der Waals surface area (Å²) in [5.41, 5.74) is 14.0. The normalized spacial score (nSPS) is 13.4. The number of aromatic nitrogens is 2. The summed E-state index contributed by atoms with van der Waals surface area (Å²) >= 11 is 0. The van der Waals surface area contributed by atoms with Gasteiger partial charge in [0.2, 0.25) is 0 Å². The third-order valence-corrected chi connectivity index (χ3v) is 16.6. The van der Waals surface area contributed by atoms with E-state index in [1.54, 1.807) is 0 Å². The van der Waals surface area contributed by atoms with Crippen molar-refractivity contribution in [1.82, 2.24) is 9.13 Å². The summed E-state index contributed by atoms with van der Waals surface area (Å²) in [7, 11) is 4.59. The van der Waals surface area contributed by atoms with Crippen molar-refractivity contribution in [3.63, 3.8) is 0 Å². The van der Waals surface area contributed by atoms with Crippen molar-refractivity contribution >= 4 is 144 Å². The maximum absolute atomic E-state index is 2.61. The molecule has 2 aliphatic heterocycles. The summed E-state index contributed by atoms with van der Waals surface area (Å²) in [6.45, 7) is 9.24. The molecule has 15 rings (SSSR count). The maximum atomic E-state index is 2.61. The van der Waals surface area contributed by atoms with Crippen molar-refractivity contribution in [2.75, 3.05) is 9.80 Å². The third-order valence-electron chi connectivity index (χ3n) is 16.6. The first kappa shape index (κ1) is 40.6. The van der Waals surface area contributed by atoms with Crippen LogP contribution in [0.25, 0.3) is 86.4 Å². The van der Waals surface area contributed by atoms with Crippen LogP contribution >= 0.6 is 0 Å². The largest absolute Gasteiger partial charge is 0.330 e. The monoisotopic (exact) mass is 910 g/mol. The SMILES string of the molecule is CC(C)c1ccc2c(c1)c1c(n2C)N(c2ccc3c4ccccc4c4ccccc4c3c2)c2cccc3c2B1c1c(n(C)c2ccc(C(C)C)cc12)N3c1ccc2c3ccccc3c3ccccc3c2c1. The molecule has 0 fully saturated rings. The van der Waals surface area contributed by atoms with Gasteiger partial charge in [0.1, 0.15) is 11.6 Å². The van der Waals surface area contributed by atoms with Crippen molar-refractivity contribution < 1.29 is 0 Å². The molecule has 0 radical (unpaired) electrons. The highest BCUT2D eigenvalue weighted by molar-refractivity contribution is 7.03. The Morgan fingerprint density at radius 1 is 0.310 bits per heavy atom. The van der Waals surface area contributed by atoms with Gasteiger partial charge in [-0.3, -0.25) is 9.80 Å². The molecule has 0 spiro atoms. The van der Waals surface area contributed by atoms with Gasteiger partial charge in [-0.25, -0.2) is 0 Å². The second-order valence-corrected chi connectivity index (χ2v) is 20.9. The average Bonchev–Trinajstić information content (AvgIpc) is 3.87. The first-order valence-corrected chi connectivity index (χ1v) is 25.4. The number of fused-ring (bicyclic) bond motifs is 20. The standard InChI is InChI=1S/C66H51BN4/c1-38(2)40-26-32-58-56(34-40)62-65(68(58)5)70(42-28-30-52-48-20-9-7-16-44(48)46-18-11-13-22-50(46)54(52)36-42)60-24-15-25-61-64(60)67(62)63-57-35-41(39(3)4)27-33-59(57)69(6)66(63)71(61)43-29-31-53-49-21-10-8-17-45(49)47-19-12-14-23-51(47)55(53)37-43/h7-39H,1-6H3. The quantitative estimate of drug-likeness (QED) is 0.129. The molecule has 338 valence electrons. The highest BCUT2D eigenvalue weighted by Gasteiger charge is 2.48. The molecule has 5 heteroatoms. The molecule has 0 amide bonds. The second kappa shape index (κ2) is 14.6. The number of rotatable bonds is 4. The zero-order valence-electron chi connectivity index (χ0n) is 40.9. The van der Waals surface area contributed by atoms with Gasteiger partial charge in [0.05, 0.1) is 0 Å². The molecule has 0 aliphatic carbocycles. The molecule has 0 saturated carbocycles. The molecule has 13 aromatic rings. The Morgan fingerprint density at radius 2 is 0.648 bits per heavy atom. The van der Waals surface area contributed by atoms with E-state index in [0.717, 1.165) is 11.4 Å². The van der Waals surface area contributed by atoms with E-state index in [1.165, 1.54) is 137 Å². The zero-order valence-corrected chi connectivity index (χ0v) is 40.9. The van der Waals surface area contributed by atoms with Crippen LogP contribution in [0.1, 0.15) is 50.7 Å². The Labute approximate surface area is 413 Å². The minimum atomic E-state index is -0.0496. The van der Waals surface area contributed by atoms with E-state index in [9.17, 15) is 0 Å². The van der Waals surface area contributed by atoms with Crippen molar-refractivity contribution in [2.24, 2.45) is 14.1 Å². The fraction of sp³-hybridized carbons (Fsp3) is 0.121. The predicted molar refractivity (Wildman–Crippen MR) is 307 cm³/mol. The van der Waals surface area contributed by atoms with Gasteiger partial charge in [-0.2, -0.15) is 0 Å². The Bertz CT molecular complexity index is 4120. The molecule has 0 saturated heterocycles. The van der Waals surface area contributed by atoms with Gasteiger partial charge in [-0.1, -0.05) is 155 Å². The van der Waals surface area contributed by atoms with Crippen molar-refractivity contribution in [2.45, 2.75) is 39.5 Å². The first-order chi connectivity index (χ1) is 34.7. The van der Waals surface area contributed by atoms with Crippen LogP contribution in [0.5, 0.6) is 0 Å². The summed E-state index contributed by atoms with van der Waals surface area (Å²) in [5.74, 6) is 3.21. The van der Waals surface area contributed by atoms with Crippen LogP contribution in [-0.2, 0) is 14.1 Å². The van der Waals surface area contributed by atoms with Crippen LogP contribution < -0.4 is 26.2 Å². The van der Waals surface area contributed by atoms with Gasteiger partial charge >= 0.3 is 0 Å². The third kappa shape index (κ3) is 5.41. The van der Waals surface area contributed by atoms with Crippen molar-refractivity contribution in [3.05, 3.63) is 199 Å². The Kier molecular flexibility index (Phi) is 8.37. The lowest BCUT2D eigenvalue weighted by atomic mass is 9.33. The molecule has 4 heterocycles. The molecule has 2 aliphatic rings. The molecular weight excluding hydrogens is 860 g/mol. The van der Waals surface area contributed by atoms with Crippen molar-refractivity contribution in [3.8, 4) is 0 Å². The van der Waals surface area contributed by atoms with Gasteiger partial charge < -0.3 is 9.13 Å². The highest BCUT2D eigenvalue weighted by atomic mass is 15.3. The second-order valence-electron chi connectivity index (χ2n) is 20.9. The van der Waals surface area contributed by atoms with Crippen molar-refractivity contribution in [1.29, 1.82) is 0 Å². The molecular formula is C66H51BN4. The van der Waals surface area contributed by atoms with Crippen LogP contribution in [0.3, 0.4) is 0 Å².